The SMILES string of the molecule is Fc1c(F)c(F)c(B2Oc3cccc4cccc(c34)O2)c(F)c1F. The van der Waals surface area contributed by atoms with Crippen LogP contribution >= 0.6 is 0 Å². The molecule has 0 fully saturated rings. The number of halogens is 5. The summed E-state index contributed by atoms with van der Waals surface area (Å²) in [7, 11) is -1.80. The predicted octanol–water partition coefficient (Wildman–Crippen LogP) is 3.70. The van der Waals surface area contributed by atoms with Gasteiger partial charge in [-0.2, -0.15) is 0 Å². The molecule has 2 nitrogen and oxygen atoms in total. The van der Waals surface area contributed by atoms with Gasteiger partial charge in [0.1, 0.15) is 11.5 Å². The van der Waals surface area contributed by atoms with Crippen molar-refractivity contribution in [1.82, 2.24) is 0 Å². The molecule has 0 saturated heterocycles. The zero-order valence-electron chi connectivity index (χ0n) is 11.7. The molecule has 4 rings (SSSR count). The van der Waals surface area contributed by atoms with E-state index in [0.29, 0.717) is 5.39 Å². The Morgan fingerprint density at radius 3 is 1.58 bits per heavy atom. The van der Waals surface area contributed by atoms with Gasteiger partial charge in [0.25, 0.3) is 0 Å². The molecule has 0 amide bonds. The summed E-state index contributed by atoms with van der Waals surface area (Å²) < 4.78 is 78.6. The maximum absolute atomic E-state index is 14.0. The van der Waals surface area contributed by atoms with Crippen LogP contribution in [0.4, 0.5) is 22.0 Å². The highest BCUT2D eigenvalue weighted by Crippen LogP contribution is 2.37. The molecule has 0 saturated carbocycles. The van der Waals surface area contributed by atoms with E-state index in [-0.39, 0.29) is 11.5 Å². The lowest BCUT2D eigenvalue weighted by atomic mass is 9.76. The summed E-state index contributed by atoms with van der Waals surface area (Å²) in [6.45, 7) is 0. The van der Waals surface area contributed by atoms with E-state index in [0.717, 1.165) is 5.39 Å². The second kappa shape index (κ2) is 5.12. The highest BCUT2D eigenvalue weighted by molar-refractivity contribution is 6.63. The monoisotopic (exact) mass is 336 g/mol. The van der Waals surface area contributed by atoms with Crippen LogP contribution in [0.5, 0.6) is 11.5 Å². The van der Waals surface area contributed by atoms with Crippen LogP contribution < -0.4 is 14.8 Å². The molecule has 1 aliphatic heterocycles. The molecule has 120 valence electrons. The third-order valence-electron chi connectivity index (χ3n) is 3.78. The van der Waals surface area contributed by atoms with Gasteiger partial charge in [-0.25, -0.2) is 22.0 Å². The summed E-state index contributed by atoms with van der Waals surface area (Å²) >= 11 is 0. The lowest BCUT2D eigenvalue weighted by Crippen LogP contribution is -2.48. The van der Waals surface area contributed by atoms with Crippen molar-refractivity contribution < 1.29 is 31.3 Å². The Bertz CT molecular complexity index is 922. The van der Waals surface area contributed by atoms with E-state index in [1.54, 1.807) is 24.3 Å². The Morgan fingerprint density at radius 2 is 1.08 bits per heavy atom. The summed E-state index contributed by atoms with van der Waals surface area (Å²) in [4.78, 5) is 0. The number of rotatable bonds is 1. The first-order valence-corrected chi connectivity index (χ1v) is 6.85. The summed E-state index contributed by atoms with van der Waals surface area (Å²) in [5, 5.41) is 1.31. The van der Waals surface area contributed by atoms with Gasteiger partial charge in [0.15, 0.2) is 29.1 Å². The average Bonchev–Trinajstić information content (AvgIpc) is 2.59. The molecule has 0 unspecified atom stereocenters. The summed E-state index contributed by atoms with van der Waals surface area (Å²) in [5.41, 5.74) is -1.17. The number of hydrogen-bond donors (Lipinski definition) is 0. The average molecular weight is 336 g/mol. The molecule has 0 N–H and O–H groups in total. The minimum absolute atomic E-state index is 0.225. The molecule has 0 aromatic heterocycles. The van der Waals surface area contributed by atoms with Gasteiger partial charge in [0, 0.05) is 0 Å². The highest BCUT2D eigenvalue weighted by Gasteiger charge is 2.41. The van der Waals surface area contributed by atoms with E-state index in [1.807, 2.05) is 0 Å². The molecule has 0 radical (unpaired) electrons. The summed E-state index contributed by atoms with van der Waals surface area (Å²) in [6, 6.07) is 9.87. The molecule has 8 heteroatoms. The molecule has 24 heavy (non-hydrogen) atoms. The van der Waals surface area contributed by atoms with Gasteiger partial charge in [0.05, 0.1) is 10.8 Å². The molecular weight excluding hydrogens is 330 g/mol. The maximum Gasteiger partial charge on any atom is 0.639 e. The maximum atomic E-state index is 14.0. The van der Waals surface area contributed by atoms with Gasteiger partial charge < -0.3 is 9.31 Å². The van der Waals surface area contributed by atoms with Crippen molar-refractivity contribution in [3.8, 4) is 11.5 Å². The van der Waals surface area contributed by atoms with E-state index < -0.39 is 41.7 Å². The Hall–Kier alpha value is -2.77. The van der Waals surface area contributed by atoms with Crippen LogP contribution in [0.2, 0.25) is 0 Å². The van der Waals surface area contributed by atoms with Crippen molar-refractivity contribution in [1.29, 1.82) is 0 Å². The molecule has 0 aliphatic carbocycles. The van der Waals surface area contributed by atoms with Crippen LogP contribution in [0.25, 0.3) is 10.8 Å². The zero-order chi connectivity index (χ0) is 17.0. The van der Waals surface area contributed by atoms with Crippen LogP contribution in [0, 0.1) is 29.1 Å². The van der Waals surface area contributed by atoms with Crippen molar-refractivity contribution >= 4 is 23.4 Å². The second-order valence-corrected chi connectivity index (χ2v) is 5.16. The van der Waals surface area contributed by atoms with Crippen molar-refractivity contribution in [2.24, 2.45) is 0 Å². The van der Waals surface area contributed by atoms with Crippen LogP contribution in [-0.4, -0.2) is 7.12 Å². The molecule has 1 heterocycles. The quantitative estimate of drug-likeness (QED) is 0.292. The Labute approximate surface area is 132 Å². The third-order valence-corrected chi connectivity index (χ3v) is 3.78. The highest BCUT2D eigenvalue weighted by atomic mass is 19.2. The van der Waals surface area contributed by atoms with Gasteiger partial charge in [-0.3, -0.25) is 0 Å². The predicted molar refractivity (Wildman–Crippen MR) is 76.8 cm³/mol. The van der Waals surface area contributed by atoms with Gasteiger partial charge in [-0.05, 0) is 17.5 Å². The standard InChI is InChI=1S/C16H6BF5O2/c18-12-11(13(19)15(21)16(22)14(12)20)17-23-8-5-1-3-7-4-2-6-9(24-17)10(7)8/h1-6H. The number of hydrogen-bond acceptors (Lipinski definition) is 2. The lowest BCUT2D eigenvalue weighted by Gasteiger charge is -2.25. The van der Waals surface area contributed by atoms with E-state index >= 15 is 0 Å². The van der Waals surface area contributed by atoms with Crippen molar-refractivity contribution in [3.05, 3.63) is 65.5 Å². The number of benzene rings is 3. The Morgan fingerprint density at radius 1 is 0.625 bits per heavy atom. The molecule has 0 atom stereocenters. The molecule has 3 aromatic rings. The summed E-state index contributed by atoms with van der Waals surface area (Å²) in [6.07, 6.45) is 0. The van der Waals surface area contributed by atoms with E-state index in [4.69, 9.17) is 9.31 Å². The first-order chi connectivity index (χ1) is 11.5. The Balaban J connectivity index is 1.90. The lowest BCUT2D eigenvalue weighted by molar-refractivity contribution is 0.374. The zero-order valence-corrected chi connectivity index (χ0v) is 11.7. The smallest absolute Gasteiger partial charge is 0.521 e. The van der Waals surface area contributed by atoms with E-state index in [2.05, 4.69) is 0 Å². The van der Waals surface area contributed by atoms with Gasteiger partial charge in [-0.15, -0.1) is 0 Å². The van der Waals surface area contributed by atoms with E-state index in [9.17, 15) is 22.0 Å². The van der Waals surface area contributed by atoms with Crippen LogP contribution in [0.1, 0.15) is 0 Å². The third kappa shape index (κ3) is 1.95. The Kier molecular flexibility index (Phi) is 3.16. The van der Waals surface area contributed by atoms with Gasteiger partial charge in [0.2, 0.25) is 0 Å². The van der Waals surface area contributed by atoms with Crippen LogP contribution in [-0.2, 0) is 0 Å². The molecule has 3 aromatic carbocycles. The first-order valence-electron chi connectivity index (χ1n) is 6.85. The van der Waals surface area contributed by atoms with E-state index in [1.165, 1.54) is 12.1 Å². The molecule has 0 bridgehead atoms. The topological polar surface area (TPSA) is 18.5 Å². The van der Waals surface area contributed by atoms with Crippen LogP contribution in [0.15, 0.2) is 36.4 Å². The van der Waals surface area contributed by atoms with Crippen molar-refractivity contribution in [3.63, 3.8) is 0 Å². The molecular formula is C16H6BF5O2. The van der Waals surface area contributed by atoms with Crippen molar-refractivity contribution in [2.45, 2.75) is 0 Å². The van der Waals surface area contributed by atoms with Gasteiger partial charge in [-0.1, -0.05) is 24.3 Å². The summed E-state index contributed by atoms with van der Waals surface area (Å²) in [5.74, 6) is -9.84. The first kappa shape index (κ1) is 14.8. The van der Waals surface area contributed by atoms with Gasteiger partial charge >= 0.3 is 7.12 Å². The van der Waals surface area contributed by atoms with Crippen LogP contribution in [0.3, 0.4) is 0 Å². The fraction of sp³-hybridized carbons (Fsp3) is 0. The minimum atomic E-state index is -2.23. The normalized spacial score (nSPS) is 13.0. The van der Waals surface area contributed by atoms with Crippen molar-refractivity contribution in [2.75, 3.05) is 0 Å². The minimum Gasteiger partial charge on any atom is -0.521 e. The molecule has 0 spiro atoms. The molecule has 1 aliphatic rings. The fourth-order valence-electron chi connectivity index (χ4n) is 2.67. The fourth-order valence-corrected chi connectivity index (χ4v) is 2.67. The largest absolute Gasteiger partial charge is 0.639 e. The second-order valence-electron chi connectivity index (χ2n) is 5.16.